The maximum atomic E-state index is 12.5. The Kier molecular flexibility index (Phi) is 24.5. The minimum Gasteiger partial charge on any atom is -0.544 e. The molecule has 0 spiro atoms. The Morgan fingerprint density at radius 2 is 1.24 bits per heavy atom. The average molecular weight is 584 g/mol. The van der Waals surface area contributed by atoms with E-state index in [9.17, 15) is 19.5 Å². The van der Waals surface area contributed by atoms with Crippen LogP contribution >= 0.6 is 0 Å². The number of rotatable bonds is 28. The maximum Gasteiger partial charge on any atom is 0.306 e. The molecule has 0 saturated heterocycles. The van der Waals surface area contributed by atoms with Gasteiger partial charge in [-0.05, 0) is 32.1 Å². The fourth-order valence-electron chi connectivity index (χ4n) is 4.52. The molecule has 2 unspecified atom stereocenters. The van der Waals surface area contributed by atoms with E-state index in [-0.39, 0.29) is 42.7 Å². The van der Waals surface area contributed by atoms with E-state index in [0.717, 1.165) is 51.4 Å². The van der Waals surface area contributed by atoms with Gasteiger partial charge in [-0.3, -0.25) is 9.59 Å². The molecule has 0 bridgehead atoms. The molecule has 0 heterocycles. The average Bonchev–Trinajstić information content (AvgIpc) is 2.91. The minimum atomic E-state index is -1.13. The number of unbranched alkanes of at least 4 members (excludes halogenated alkanes) is 12. The highest BCUT2D eigenvalue weighted by Gasteiger charge is 2.25. The van der Waals surface area contributed by atoms with E-state index in [0.29, 0.717) is 12.8 Å². The van der Waals surface area contributed by atoms with Gasteiger partial charge in [0.25, 0.3) is 0 Å². The lowest BCUT2D eigenvalue weighted by atomic mass is 10.1. The summed E-state index contributed by atoms with van der Waals surface area (Å²) in [7, 11) is 5.38. The molecule has 2 atom stereocenters. The fraction of sp³-hybridized carbons (Fsp3) is 0.848. The van der Waals surface area contributed by atoms with E-state index in [1.54, 1.807) is 21.1 Å². The van der Waals surface area contributed by atoms with Crippen LogP contribution in [0.2, 0.25) is 0 Å². The van der Waals surface area contributed by atoms with E-state index in [1.165, 1.54) is 44.9 Å². The van der Waals surface area contributed by atoms with Crippen LogP contribution in [-0.2, 0) is 28.6 Å². The van der Waals surface area contributed by atoms with Crippen LogP contribution in [0.3, 0.4) is 0 Å². The summed E-state index contributed by atoms with van der Waals surface area (Å²) in [6.45, 7) is 4.52. The molecular weight excluding hydrogens is 522 g/mol. The van der Waals surface area contributed by atoms with E-state index < -0.39 is 18.1 Å². The largest absolute Gasteiger partial charge is 0.544 e. The standard InChI is InChI=1S/C33H61NO7/c1-6-8-10-12-14-15-16-17-18-20-22-24-32(36)41-29(27-39-26-25-30(33(37)38)34(3,4)5)28-40-31(35)23-21-19-13-11-9-7-2/h12,14,29-30H,6-11,13,15-28H2,1-5H3/b14-12-. The number of aliphatic carboxylic acids is 1. The second-order valence-corrected chi connectivity index (χ2v) is 12.0. The van der Waals surface area contributed by atoms with Crippen molar-refractivity contribution in [2.45, 2.75) is 142 Å². The molecule has 0 fully saturated rings. The topological polar surface area (TPSA) is 102 Å². The van der Waals surface area contributed by atoms with Crippen molar-refractivity contribution in [1.82, 2.24) is 0 Å². The number of hydrogen-bond donors (Lipinski definition) is 0. The Morgan fingerprint density at radius 1 is 0.707 bits per heavy atom. The van der Waals surface area contributed by atoms with Crippen molar-refractivity contribution in [3.63, 3.8) is 0 Å². The van der Waals surface area contributed by atoms with Crippen LogP contribution in [0.5, 0.6) is 0 Å². The fourth-order valence-corrected chi connectivity index (χ4v) is 4.52. The van der Waals surface area contributed by atoms with Crippen LogP contribution in [0.15, 0.2) is 12.2 Å². The van der Waals surface area contributed by atoms with Gasteiger partial charge in [-0.2, -0.15) is 0 Å². The van der Waals surface area contributed by atoms with Crippen molar-refractivity contribution in [3.8, 4) is 0 Å². The number of carboxylic acids is 1. The van der Waals surface area contributed by atoms with Crippen LogP contribution in [0, 0.1) is 0 Å². The predicted molar refractivity (Wildman–Crippen MR) is 162 cm³/mol. The maximum absolute atomic E-state index is 12.5. The first-order valence-electron chi connectivity index (χ1n) is 16.2. The third kappa shape index (κ3) is 24.4. The number of carbonyl (C=O) groups is 3. The first kappa shape index (κ1) is 39.1. The van der Waals surface area contributed by atoms with Crippen LogP contribution < -0.4 is 5.11 Å². The molecule has 0 N–H and O–H groups in total. The van der Waals surface area contributed by atoms with Gasteiger partial charge in [-0.1, -0.05) is 90.2 Å². The zero-order chi connectivity index (χ0) is 30.8. The van der Waals surface area contributed by atoms with Crippen LogP contribution in [-0.4, -0.2) is 75.5 Å². The van der Waals surface area contributed by atoms with Crippen molar-refractivity contribution in [2.75, 3.05) is 41.0 Å². The molecule has 41 heavy (non-hydrogen) atoms. The highest BCUT2D eigenvalue weighted by Crippen LogP contribution is 2.12. The third-order valence-corrected chi connectivity index (χ3v) is 7.15. The third-order valence-electron chi connectivity index (χ3n) is 7.15. The summed E-state index contributed by atoms with van der Waals surface area (Å²) in [6.07, 6.45) is 21.1. The normalized spacial score (nSPS) is 13.3. The van der Waals surface area contributed by atoms with E-state index >= 15 is 0 Å². The van der Waals surface area contributed by atoms with Crippen molar-refractivity contribution in [3.05, 3.63) is 12.2 Å². The van der Waals surface area contributed by atoms with Crippen molar-refractivity contribution in [1.29, 1.82) is 0 Å². The van der Waals surface area contributed by atoms with Crippen LogP contribution in [0.4, 0.5) is 0 Å². The molecule has 0 rings (SSSR count). The lowest BCUT2D eigenvalue weighted by Gasteiger charge is -2.34. The molecule has 0 saturated carbocycles. The summed E-state index contributed by atoms with van der Waals surface area (Å²) in [5.41, 5.74) is 0. The lowest BCUT2D eigenvalue weighted by Crippen LogP contribution is -2.55. The number of quaternary nitrogens is 1. The molecule has 0 aliphatic heterocycles. The number of carboxylic acid groups (broad SMARTS) is 1. The number of esters is 2. The van der Waals surface area contributed by atoms with Crippen LogP contribution in [0.1, 0.15) is 129 Å². The van der Waals surface area contributed by atoms with Gasteiger partial charge in [-0.25, -0.2) is 0 Å². The predicted octanol–water partition coefficient (Wildman–Crippen LogP) is 5.90. The smallest absolute Gasteiger partial charge is 0.306 e. The van der Waals surface area contributed by atoms with Crippen molar-refractivity contribution < 1.29 is 38.2 Å². The van der Waals surface area contributed by atoms with E-state index in [1.807, 2.05) is 0 Å². The number of carbonyl (C=O) groups excluding carboxylic acids is 3. The minimum absolute atomic E-state index is 0.0404. The number of nitrogens with zero attached hydrogens (tertiary/aromatic N) is 1. The number of allylic oxidation sites excluding steroid dienone is 2. The quantitative estimate of drug-likeness (QED) is 0.0489. The molecule has 0 aromatic heterocycles. The highest BCUT2D eigenvalue weighted by atomic mass is 16.6. The summed E-state index contributed by atoms with van der Waals surface area (Å²) in [5, 5.41) is 11.5. The monoisotopic (exact) mass is 583 g/mol. The Bertz CT molecular complexity index is 702. The molecule has 8 nitrogen and oxygen atoms in total. The molecule has 240 valence electrons. The molecule has 0 aliphatic rings. The summed E-state index contributed by atoms with van der Waals surface area (Å²) in [4.78, 5) is 36.2. The molecular formula is C33H61NO7. The van der Waals surface area contributed by atoms with Gasteiger partial charge in [0, 0.05) is 19.3 Å². The molecule has 0 aromatic carbocycles. The van der Waals surface area contributed by atoms with E-state index in [4.69, 9.17) is 14.2 Å². The van der Waals surface area contributed by atoms with Crippen molar-refractivity contribution >= 4 is 17.9 Å². The van der Waals surface area contributed by atoms with Gasteiger partial charge < -0.3 is 28.6 Å². The SMILES string of the molecule is CCCC/C=C\CCCCCCCC(=O)OC(COCCC(C(=O)[O-])[N+](C)(C)C)COC(=O)CCCCCCCC. The molecule has 0 aromatic rings. The van der Waals surface area contributed by atoms with Gasteiger partial charge >= 0.3 is 11.9 Å². The second kappa shape index (κ2) is 25.8. The van der Waals surface area contributed by atoms with Gasteiger partial charge in [0.15, 0.2) is 6.10 Å². The van der Waals surface area contributed by atoms with Gasteiger partial charge in [0.1, 0.15) is 12.6 Å². The van der Waals surface area contributed by atoms with Gasteiger partial charge in [-0.15, -0.1) is 0 Å². The number of hydrogen-bond acceptors (Lipinski definition) is 7. The molecule has 0 radical (unpaired) electrons. The highest BCUT2D eigenvalue weighted by molar-refractivity contribution is 5.70. The zero-order valence-electron chi connectivity index (χ0n) is 27.0. The Labute approximate surface area is 250 Å². The van der Waals surface area contributed by atoms with Crippen LogP contribution in [0.25, 0.3) is 0 Å². The zero-order valence-corrected chi connectivity index (χ0v) is 27.0. The molecule has 0 aliphatic carbocycles. The summed E-state index contributed by atoms with van der Waals surface area (Å²) in [5.74, 6) is -1.76. The summed E-state index contributed by atoms with van der Waals surface area (Å²) in [6, 6.07) is -0.719. The van der Waals surface area contributed by atoms with E-state index in [2.05, 4.69) is 26.0 Å². The lowest BCUT2D eigenvalue weighted by molar-refractivity contribution is -0.889. The molecule has 0 amide bonds. The molecule has 8 heteroatoms. The van der Waals surface area contributed by atoms with Crippen molar-refractivity contribution in [2.24, 2.45) is 0 Å². The Balaban J connectivity index is 4.49. The van der Waals surface area contributed by atoms with Gasteiger partial charge in [0.05, 0.1) is 40.3 Å². The first-order valence-corrected chi connectivity index (χ1v) is 16.2. The Morgan fingerprint density at radius 3 is 1.83 bits per heavy atom. The summed E-state index contributed by atoms with van der Waals surface area (Å²) < 4.78 is 16.9. The first-order chi connectivity index (χ1) is 19.6. The van der Waals surface area contributed by atoms with Gasteiger partial charge in [0.2, 0.25) is 0 Å². The Hall–Kier alpha value is -1.93. The second-order valence-electron chi connectivity index (χ2n) is 12.0. The summed E-state index contributed by atoms with van der Waals surface area (Å²) >= 11 is 0. The number of likely N-dealkylation sites (N-methyl/N-ethyl adjacent to an activating group) is 1. The number of ether oxygens (including phenoxy) is 3.